The van der Waals surface area contributed by atoms with E-state index >= 15 is 0 Å². The molecule has 1 aromatic rings. The van der Waals surface area contributed by atoms with E-state index in [1.807, 2.05) is 19.1 Å². The molecule has 4 heteroatoms. The van der Waals surface area contributed by atoms with Crippen molar-refractivity contribution in [2.24, 2.45) is 16.5 Å². The summed E-state index contributed by atoms with van der Waals surface area (Å²) in [5.41, 5.74) is 12.2. The maximum atomic E-state index is 5.47. The number of nitrogens with two attached hydrogens (primary N) is 2. The lowest BCUT2D eigenvalue weighted by molar-refractivity contribution is 0.817. The molecule has 0 aliphatic heterocycles. The number of allylic oxidation sites excluding steroid dienone is 1. The summed E-state index contributed by atoms with van der Waals surface area (Å²) in [5, 5.41) is 0. The molecule has 1 atom stereocenters. The minimum atomic E-state index is 0.0437. The van der Waals surface area contributed by atoms with Crippen LogP contribution in [0.25, 0.3) is 0 Å². The molecule has 14 heavy (non-hydrogen) atoms. The summed E-state index contributed by atoms with van der Waals surface area (Å²) in [6.45, 7) is 1.97. The lowest BCUT2D eigenvalue weighted by Gasteiger charge is -2.04. The summed E-state index contributed by atoms with van der Waals surface area (Å²) in [4.78, 5) is 8.24. The van der Waals surface area contributed by atoms with Gasteiger partial charge in [0.05, 0.1) is 11.7 Å². The molecule has 1 aromatic heterocycles. The molecule has 0 radical (unpaired) electrons. The fraction of sp³-hybridized carbons (Fsp3) is 0.200. The molecule has 0 saturated carbocycles. The van der Waals surface area contributed by atoms with E-state index in [1.54, 1.807) is 18.6 Å². The SMILES string of the molecule is CC(N=CC(N)=CN)c1cccnc1. The van der Waals surface area contributed by atoms with Crippen molar-refractivity contribution in [2.75, 3.05) is 0 Å². The van der Waals surface area contributed by atoms with Crippen molar-refractivity contribution >= 4 is 6.21 Å². The van der Waals surface area contributed by atoms with Gasteiger partial charge in [-0.3, -0.25) is 9.98 Å². The Kier molecular flexibility index (Phi) is 3.67. The highest BCUT2D eigenvalue weighted by molar-refractivity contribution is 5.77. The summed E-state index contributed by atoms with van der Waals surface area (Å²) in [7, 11) is 0. The van der Waals surface area contributed by atoms with Crippen LogP contribution in [-0.2, 0) is 0 Å². The number of pyridine rings is 1. The monoisotopic (exact) mass is 190 g/mol. The average molecular weight is 190 g/mol. The normalized spacial score (nSPS) is 14.5. The highest BCUT2D eigenvalue weighted by atomic mass is 14.8. The van der Waals surface area contributed by atoms with E-state index in [0.717, 1.165) is 5.56 Å². The predicted octanol–water partition coefficient (Wildman–Crippen LogP) is 0.972. The second kappa shape index (κ2) is 5.01. The van der Waals surface area contributed by atoms with Crippen molar-refractivity contribution in [3.8, 4) is 0 Å². The van der Waals surface area contributed by atoms with Crippen molar-refractivity contribution in [3.05, 3.63) is 42.0 Å². The number of nitrogens with zero attached hydrogens (tertiary/aromatic N) is 2. The molecule has 0 aliphatic carbocycles. The van der Waals surface area contributed by atoms with Crippen LogP contribution in [0.3, 0.4) is 0 Å². The Morgan fingerprint density at radius 2 is 2.43 bits per heavy atom. The van der Waals surface area contributed by atoms with E-state index in [9.17, 15) is 0 Å². The van der Waals surface area contributed by atoms with E-state index in [2.05, 4.69) is 9.98 Å². The third kappa shape index (κ3) is 2.90. The zero-order chi connectivity index (χ0) is 10.4. The molecule has 1 unspecified atom stereocenters. The number of aromatic nitrogens is 1. The molecule has 4 N–H and O–H groups in total. The molecule has 0 saturated heterocycles. The fourth-order valence-electron chi connectivity index (χ4n) is 0.950. The van der Waals surface area contributed by atoms with Crippen LogP contribution >= 0.6 is 0 Å². The minimum Gasteiger partial charge on any atom is -0.403 e. The molecule has 0 bridgehead atoms. The van der Waals surface area contributed by atoms with Gasteiger partial charge in [-0.15, -0.1) is 0 Å². The molecule has 0 aromatic carbocycles. The standard InChI is InChI=1S/C10H14N4/c1-8(14-7-10(12)5-11)9-3-2-4-13-6-9/h2-8H,11-12H2,1H3. The summed E-state index contributed by atoms with van der Waals surface area (Å²) >= 11 is 0. The summed E-state index contributed by atoms with van der Waals surface area (Å²) in [5.74, 6) is 0. The molecule has 1 heterocycles. The van der Waals surface area contributed by atoms with E-state index in [-0.39, 0.29) is 6.04 Å². The largest absolute Gasteiger partial charge is 0.403 e. The third-order valence-corrected chi connectivity index (χ3v) is 1.81. The number of aliphatic imine (C=N–C) groups is 1. The van der Waals surface area contributed by atoms with Crippen LogP contribution in [-0.4, -0.2) is 11.2 Å². The lowest BCUT2D eigenvalue weighted by Crippen LogP contribution is -2.02. The molecular formula is C10H14N4. The Morgan fingerprint density at radius 3 is 3.00 bits per heavy atom. The van der Waals surface area contributed by atoms with E-state index < -0.39 is 0 Å². The molecule has 1 rings (SSSR count). The fourth-order valence-corrected chi connectivity index (χ4v) is 0.950. The predicted molar refractivity (Wildman–Crippen MR) is 57.6 cm³/mol. The quantitative estimate of drug-likeness (QED) is 0.697. The Bertz CT molecular complexity index is 329. The van der Waals surface area contributed by atoms with Crippen molar-refractivity contribution in [1.82, 2.24) is 4.98 Å². The number of hydrogen-bond donors (Lipinski definition) is 2. The Morgan fingerprint density at radius 1 is 1.64 bits per heavy atom. The first-order valence-corrected chi connectivity index (χ1v) is 4.34. The molecule has 74 valence electrons. The highest BCUT2D eigenvalue weighted by Crippen LogP contribution is 2.13. The van der Waals surface area contributed by atoms with Crippen LogP contribution < -0.4 is 11.5 Å². The van der Waals surface area contributed by atoms with E-state index in [4.69, 9.17) is 11.5 Å². The lowest BCUT2D eigenvalue weighted by atomic mass is 10.1. The minimum absolute atomic E-state index is 0.0437. The van der Waals surface area contributed by atoms with Gasteiger partial charge in [-0.2, -0.15) is 0 Å². The maximum absolute atomic E-state index is 5.47. The number of hydrogen-bond acceptors (Lipinski definition) is 4. The average Bonchev–Trinajstić information content (AvgIpc) is 2.26. The second-order valence-electron chi connectivity index (χ2n) is 2.91. The van der Waals surface area contributed by atoms with E-state index in [1.165, 1.54) is 6.20 Å². The van der Waals surface area contributed by atoms with Crippen molar-refractivity contribution in [3.63, 3.8) is 0 Å². The van der Waals surface area contributed by atoms with Gasteiger partial charge in [0.2, 0.25) is 0 Å². The zero-order valence-electron chi connectivity index (χ0n) is 8.09. The van der Waals surface area contributed by atoms with Gasteiger partial charge >= 0.3 is 0 Å². The van der Waals surface area contributed by atoms with Crippen LogP contribution in [0, 0.1) is 0 Å². The van der Waals surface area contributed by atoms with Gasteiger partial charge in [-0.25, -0.2) is 0 Å². The molecule has 0 amide bonds. The van der Waals surface area contributed by atoms with Gasteiger partial charge in [0.15, 0.2) is 0 Å². The topological polar surface area (TPSA) is 77.3 Å². The van der Waals surface area contributed by atoms with Crippen LogP contribution in [0.5, 0.6) is 0 Å². The van der Waals surface area contributed by atoms with Crippen molar-refractivity contribution in [1.29, 1.82) is 0 Å². The first-order chi connectivity index (χ1) is 6.74. The molecule has 0 spiro atoms. The first-order valence-electron chi connectivity index (χ1n) is 4.34. The molecule has 0 fully saturated rings. The zero-order valence-corrected chi connectivity index (χ0v) is 8.09. The Balaban J connectivity index is 2.68. The van der Waals surface area contributed by atoms with E-state index in [0.29, 0.717) is 5.70 Å². The molecule has 4 nitrogen and oxygen atoms in total. The number of rotatable bonds is 3. The molecule has 0 aliphatic rings. The van der Waals surface area contributed by atoms with Gasteiger partial charge < -0.3 is 11.5 Å². The first kappa shape index (κ1) is 10.2. The summed E-state index contributed by atoms with van der Waals surface area (Å²) < 4.78 is 0. The van der Waals surface area contributed by atoms with Gasteiger partial charge in [-0.1, -0.05) is 6.07 Å². The smallest absolute Gasteiger partial charge is 0.0736 e. The van der Waals surface area contributed by atoms with Crippen LogP contribution in [0.15, 0.2) is 41.4 Å². The van der Waals surface area contributed by atoms with Gasteiger partial charge in [0.25, 0.3) is 0 Å². The second-order valence-corrected chi connectivity index (χ2v) is 2.91. The Hall–Kier alpha value is -1.84. The highest BCUT2D eigenvalue weighted by Gasteiger charge is 2.00. The third-order valence-electron chi connectivity index (χ3n) is 1.81. The van der Waals surface area contributed by atoms with Gasteiger partial charge in [0.1, 0.15) is 0 Å². The van der Waals surface area contributed by atoms with Crippen LogP contribution in [0.2, 0.25) is 0 Å². The molecular weight excluding hydrogens is 176 g/mol. The van der Waals surface area contributed by atoms with Crippen molar-refractivity contribution < 1.29 is 0 Å². The summed E-state index contributed by atoms with van der Waals surface area (Å²) in [6.07, 6.45) is 6.38. The van der Waals surface area contributed by atoms with Crippen LogP contribution in [0.1, 0.15) is 18.5 Å². The Labute approximate surface area is 83.4 Å². The van der Waals surface area contributed by atoms with Gasteiger partial charge in [0, 0.05) is 24.8 Å². The van der Waals surface area contributed by atoms with Gasteiger partial charge in [-0.05, 0) is 18.6 Å². The summed E-state index contributed by atoms with van der Waals surface area (Å²) in [6, 6.07) is 3.89. The maximum Gasteiger partial charge on any atom is 0.0736 e. The van der Waals surface area contributed by atoms with Crippen molar-refractivity contribution in [2.45, 2.75) is 13.0 Å². The van der Waals surface area contributed by atoms with Crippen LogP contribution in [0.4, 0.5) is 0 Å².